The van der Waals surface area contributed by atoms with Crippen molar-refractivity contribution in [3.8, 4) is 0 Å². The molecule has 2 rings (SSSR count). The molecule has 2 atom stereocenters. The summed E-state index contributed by atoms with van der Waals surface area (Å²) in [5, 5.41) is 0. The average molecular weight is 222 g/mol. The summed E-state index contributed by atoms with van der Waals surface area (Å²) >= 11 is 2.03. The van der Waals surface area contributed by atoms with E-state index in [4.69, 9.17) is 5.84 Å². The first-order chi connectivity index (χ1) is 7.26. The van der Waals surface area contributed by atoms with Crippen LogP contribution in [0.5, 0.6) is 0 Å². The van der Waals surface area contributed by atoms with Crippen molar-refractivity contribution in [2.24, 2.45) is 5.84 Å². The van der Waals surface area contributed by atoms with E-state index < -0.39 is 0 Å². The van der Waals surface area contributed by atoms with Crippen LogP contribution in [-0.2, 0) is 0 Å². The number of rotatable bonds is 3. The van der Waals surface area contributed by atoms with E-state index in [0.717, 1.165) is 0 Å². The van der Waals surface area contributed by atoms with E-state index >= 15 is 0 Å². The Balaban J connectivity index is 2.24. The largest absolute Gasteiger partial charge is 0.271 e. The molecule has 1 aromatic carbocycles. The summed E-state index contributed by atoms with van der Waals surface area (Å²) in [5.41, 5.74) is 4.27. The molecule has 1 saturated heterocycles. The first-order valence-corrected chi connectivity index (χ1v) is 6.40. The maximum atomic E-state index is 5.71. The Kier molecular flexibility index (Phi) is 3.34. The molecule has 1 aliphatic rings. The summed E-state index contributed by atoms with van der Waals surface area (Å²) in [6.45, 7) is 2.31. The third kappa shape index (κ3) is 2.19. The van der Waals surface area contributed by atoms with Crippen molar-refractivity contribution in [3.05, 3.63) is 35.9 Å². The summed E-state index contributed by atoms with van der Waals surface area (Å²) in [6.07, 6.45) is 2.54. The van der Waals surface area contributed by atoms with Crippen LogP contribution in [0.1, 0.15) is 31.4 Å². The molecule has 0 aliphatic carbocycles. The highest BCUT2D eigenvalue weighted by Crippen LogP contribution is 2.46. The minimum Gasteiger partial charge on any atom is -0.271 e. The zero-order valence-electron chi connectivity index (χ0n) is 9.07. The molecule has 0 aromatic heterocycles. The highest BCUT2D eigenvalue weighted by molar-refractivity contribution is 8.00. The molecule has 1 fully saturated rings. The van der Waals surface area contributed by atoms with Crippen LogP contribution in [-0.4, -0.2) is 10.5 Å². The fourth-order valence-electron chi connectivity index (χ4n) is 2.30. The van der Waals surface area contributed by atoms with Gasteiger partial charge in [0.1, 0.15) is 0 Å². The van der Waals surface area contributed by atoms with Gasteiger partial charge in [0.15, 0.2) is 0 Å². The maximum absolute atomic E-state index is 5.71. The molecular formula is C12H18N2S. The first-order valence-electron chi connectivity index (χ1n) is 5.41. The van der Waals surface area contributed by atoms with Gasteiger partial charge in [0.2, 0.25) is 0 Å². The summed E-state index contributed by atoms with van der Waals surface area (Å²) < 4.78 is 0.246. The van der Waals surface area contributed by atoms with Crippen molar-refractivity contribution in [2.45, 2.75) is 30.6 Å². The van der Waals surface area contributed by atoms with Crippen LogP contribution in [0.2, 0.25) is 0 Å². The second-order valence-electron chi connectivity index (χ2n) is 4.28. The van der Waals surface area contributed by atoms with Crippen LogP contribution in [0.3, 0.4) is 0 Å². The molecule has 0 amide bonds. The van der Waals surface area contributed by atoms with Crippen molar-refractivity contribution in [3.63, 3.8) is 0 Å². The van der Waals surface area contributed by atoms with Gasteiger partial charge in [-0.3, -0.25) is 11.3 Å². The second kappa shape index (κ2) is 4.56. The maximum Gasteiger partial charge on any atom is 0.0604 e. The number of nitrogens with two attached hydrogens (primary N) is 1. The van der Waals surface area contributed by atoms with Gasteiger partial charge in [0, 0.05) is 4.75 Å². The molecule has 82 valence electrons. The zero-order valence-corrected chi connectivity index (χ0v) is 9.89. The van der Waals surface area contributed by atoms with Gasteiger partial charge in [0.25, 0.3) is 0 Å². The lowest BCUT2D eigenvalue weighted by Gasteiger charge is -2.33. The fourth-order valence-corrected chi connectivity index (χ4v) is 3.71. The van der Waals surface area contributed by atoms with E-state index in [9.17, 15) is 0 Å². The highest BCUT2D eigenvalue weighted by Gasteiger charge is 2.38. The summed E-state index contributed by atoms with van der Waals surface area (Å²) in [4.78, 5) is 0. The molecule has 1 aliphatic heterocycles. The Morgan fingerprint density at radius 2 is 2.13 bits per heavy atom. The van der Waals surface area contributed by atoms with Crippen LogP contribution in [0.25, 0.3) is 0 Å². The summed E-state index contributed by atoms with van der Waals surface area (Å²) in [5.74, 6) is 6.96. The Bertz CT molecular complexity index is 307. The monoisotopic (exact) mass is 222 g/mol. The van der Waals surface area contributed by atoms with Crippen LogP contribution in [0.15, 0.2) is 30.3 Å². The van der Waals surface area contributed by atoms with Crippen molar-refractivity contribution in [1.82, 2.24) is 5.43 Å². The van der Waals surface area contributed by atoms with Crippen LogP contribution in [0.4, 0.5) is 0 Å². The number of hydrogen-bond donors (Lipinski definition) is 2. The van der Waals surface area contributed by atoms with Crippen molar-refractivity contribution >= 4 is 11.8 Å². The van der Waals surface area contributed by atoms with Crippen LogP contribution in [0, 0.1) is 0 Å². The Morgan fingerprint density at radius 1 is 1.40 bits per heavy atom. The zero-order chi connectivity index (χ0) is 10.7. The minimum absolute atomic E-state index is 0.246. The predicted octanol–water partition coefficient (Wildman–Crippen LogP) is 2.48. The van der Waals surface area contributed by atoms with Gasteiger partial charge in [-0.25, -0.2) is 0 Å². The molecule has 2 nitrogen and oxygen atoms in total. The van der Waals surface area contributed by atoms with Gasteiger partial charge in [-0.15, -0.1) is 0 Å². The number of nitrogens with one attached hydrogen (secondary N) is 1. The van der Waals surface area contributed by atoms with E-state index in [2.05, 4.69) is 36.6 Å². The van der Waals surface area contributed by atoms with Gasteiger partial charge >= 0.3 is 0 Å². The van der Waals surface area contributed by atoms with Crippen molar-refractivity contribution in [1.29, 1.82) is 0 Å². The van der Waals surface area contributed by atoms with Crippen LogP contribution >= 0.6 is 11.8 Å². The van der Waals surface area contributed by atoms with Gasteiger partial charge < -0.3 is 0 Å². The van der Waals surface area contributed by atoms with E-state index in [1.54, 1.807) is 0 Å². The lowest BCUT2D eigenvalue weighted by molar-refractivity contribution is 0.421. The molecule has 15 heavy (non-hydrogen) atoms. The number of hydrazine groups is 1. The van der Waals surface area contributed by atoms with Gasteiger partial charge in [-0.1, -0.05) is 30.3 Å². The second-order valence-corrected chi connectivity index (χ2v) is 5.90. The molecule has 0 bridgehead atoms. The normalized spacial score (nSPS) is 27.9. The third-order valence-corrected chi connectivity index (χ3v) is 4.75. The highest BCUT2D eigenvalue weighted by atomic mass is 32.2. The lowest BCUT2D eigenvalue weighted by Crippen LogP contribution is -2.41. The Morgan fingerprint density at radius 3 is 2.67 bits per heavy atom. The minimum atomic E-state index is 0.246. The smallest absolute Gasteiger partial charge is 0.0604 e. The topological polar surface area (TPSA) is 38.0 Å². The molecule has 0 radical (unpaired) electrons. The molecule has 2 unspecified atom stereocenters. The number of benzene rings is 1. The third-order valence-electron chi connectivity index (χ3n) is 3.16. The predicted molar refractivity (Wildman–Crippen MR) is 66.6 cm³/mol. The van der Waals surface area contributed by atoms with E-state index in [0.29, 0.717) is 0 Å². The standard InChI is InChI=1S/C12H18N2S/c1-12(8-5-9-15-12)11(14-13)10-6-3-2-4-7-10/h2-4,6-7,11,14H,5,8-9,13H2,1H3. The fraction of sp³-hybridized carbons (Fsp3) is 0.500. The first kappa shape index (κ1) is 11.0. The van der Waals surface area contributed by atoms with Gasteiger partial charge in [-0.2, -0.15) is 11.8 Å². The van der Waals surface area contributed by atoms with E-state index in [-0.39, 0.29) is 10.8 Å². The Hall–Kier alpha value is -0.510. The van der Waals surface area contributed by atoms with Gasteiger partial charge in [0.05, 0.1) is 6.04 Å². The Labute approximate surface area is 95.6 Å². The summed E-state index contributed by atoms with van der Waals surface area (Å²) in [7, 11) is 0. The quantitative estimate of drug-likeness (QED) is 0.609. The van der Waals surface area contributed by atoms with Crippen molar-refractivity contribution in [2.75, 3.05) is 5.75 Å². The molecule has 0 saturated carbocycles. The SMILES string of the molecule is CC1(C(NN)c2ccccc2)CCCS1. The number of thioether (sulfide) groups is 1. The molecule has 3 N–H and O–H groups in total. The van der Waals surface area contributed by atoms with Crippen molar-refractivity contribution < 1.29 is 0 Å². The molecular weight excluding hydrogens is 204 g/mol. The summed E-state index contributed by atoms with van der Waals surface area (Å²) in [6, 6.07) is 10.7. The molecule has 1 aromatic rings. The molecule has 3 heteroatoms. The van der Waals surface area contributed by atoms with E-state index in [1.807, 2.05) is 17.8 Å². The lowest BCUT2D eigenvalue weighted by atomic mass is 9.91. The molecule has 0 spiro atoms. The van der Waals surface area contributed by atoms with Gasteiger partial charge in [-0.05, 0) is 31.1 Å². The average Bonchev–Trinajstić information content (AvgIpc) is 2.68. The molecule has 1 heterocycles. The number of hydrogen-bond acceptors (Lipinski definition) is 3. The van der Waals surface area contributed by atoms with E-state index in [1.165, 1.54) is 24.2 Å². The van der Waals surface area contributed by atoms with Crippen LogP contribution < -0.4 is 11.3 Å².